The normalized spacial score (nSPS) is 20.4. The van der Waals surface area contributed by atoms with Gasteiger partial charge in [-0.05, 0) is 24.3 Å². The lowest BCUT2D eigenvalue weighted by atomic mass is 9.89. The summed E-state index contributed by atoms with van der Waals surface area (Å²) in [5.74, 6) is -0.0581. The number of hydrogen-bond acceptors (Lipinski definition) is 3. The van der Waals surface area contributed by atoms with E-state index in [1.165, 1.54) is 12.1 Å². The quantitative estimate of drug-likeness (QED) is 0.646. The van der Waals surface area contributed by atoms with Crippen molar-refractivity contribution in [3.8, 4) is 11.1 Å². The van der Waals surface area contributed by atoms with Gasteiger partial charge in [0.05, 0.1) is 6.04 Å². The van der Waals surface area contributed by atoms with E-state index in [0.29, 0.717) is 5.82 Å². The summed E-state index contributed by atoms with van der Waals surface area (Å²) in [7, 11) is 0. The number of aromatic nitrogens is 2. The summed E-state index contributed by atoms with van der Waals surface area (Å²) in [5, 5.41) is 3.65. The second-order valence-electron chi connectivity index (χ2n) is 5.86. The predicted octanol–water partition coefficient (Wildman–Crippen LogP) is 2.75. The van der Waals surface area contributed by atoms with E-state index in [9.17, 15) is 9.18 Å². The highest BCUT2D eigenvalue weighted by Crippen LogP contribution is 2.35. The van der Waals surface area contributed by atoms with Crippen molar-refractivity contribution < 1.29 is 9.18 Å². The molecule has 2 aromatic heterocycles. The van der Waals surface area contributed by atoms with Crippen LogP contribution in [0.1, 0.15) is 18.4 Å². The smallest absolute Gasteiger partial charge is 0.243 e. The molecule has 0 aliphatic carbocycles. The summed E-state index contributed by atoms with van der Waals surface area (Å²) in [6, 6.07) is 6.04. The Morgan fingerprint density at radius 1 is 1.30 bits per heavy atom. The maximum absolute atomic E-state index is 13.3. The van der Waals surface area contributed by atoms with Crippen molar-refractivity contribution in [1.29, 1.82) is 0 Å². The molecule has 1 amide bonds. The van der Waals surface area contributed by atoms with Crippen LogP contribution >= 0.6 is 0 Å². The number of aromatic amines is 1. The number of rotatable bonds is 1. The lowest BCUT2D eigenvalue weighted by Gasteiger charge is -2.27. The Labute approximate surface area is 131 Å². The molecule has 0 fully saturated rings. The van der Waals surface area contributed by atoms with Crippen molar-refractivity contribution >= 4 is 22.6 Å². The predicted molar refractivity (Wildman–Crippen MR) is 86.5 cm³/mol. The highest BCUT2D eigenvalue weighted by Gasteiger charge is 2.31. The summed E-state index contributed by atoms with van der Waals surface area (Å²) >= 11 is 0. The average molecular weight is 310 g/mol. The Bertz CT molecular complexity index is 933. The highest BCUT2D eigenvalue weighted by molar-refractivity contribution is 5.99. The number of amides is 1. The number of nitrogens with two attached hydrogens (primary N) is 1. The molecule has 3 heterocycles. The van der Waals surface area contributed by atoms with Crippen LogP contribution in [0.4, 0.5) is 10.2 Å². The van der Waals surface area contributed by atoms with E-state index in [1.54, 1.807) is 12.3 Å². The molecule has 0 radical (unpaired) electrons. The molecule has 23 heavy (non-hydrogen) atoms. The van der Waals surface area contributed by atoms with E-state index >= 15 is 0 Å². The molecule has 2 atom stereocenters. The van der Waals surface area contributed by atoms with Crippen molar-refractivity contribution in [2.24, 2.45) is 5.73 Å². The van der Waals surface area contributed by atoms with Gasteiger partial charge in [0, 0.05) is 45.9 Å². The van der Waals surface area contributed by atoms with Crippen LogP contribution in [0.25, 0.3) is 22.0 Å². The average Bonchev–Trinajstić information content (AvgIpc) is 2.95. The molecule has 4 rings (SSSR count). The van der Waals surface area contributed by atoms with E-state index in [4.69, 9.17) is 5.73 Å². The van der Waals surface area contributed by atoms with E-state index in [0.717, 1.165) is 27.6 Å². The third kappa shape index (κ3) is 2.10. The summed E-state index contributed by atoms with van der Waals surface area (Å²) in [5.41, 5.74) is 9.40. The van der Waals surface area contributed by atoms with Gasteiger partial charge >= 0.3 is 0 Å². The first kappa shape index (κ1) is 13.9. The number of nitrogens with zero attached hydrogens (tertiary/aromatic N) is 1. The highest BCUT2D eigenvalue weighted by atomic mass is 19.1. The van der Waals surface area contributed by atoms with Gasteiger partial charge in [0.15, 0.2) is 0 Å². The molecule has 0 bridgehead atoms. The summed E-state index contributed by atoms with van der Waals surface area (Å²) in [6.45, 7) is 1.91. The van der Waals surface area contributed by atoms with Gasteiger partial charge in [-0.1, -0.05) is 6.92 Å². The molecule has 1 aliphatic heterocycles. The Morgan fingerprint density at radius 3 is 2.96 bits per heavy atom. The van der Waals surface area contributed by atoms with Crippen LogP contribution in [0.2, 0.25) is 0 Å². The van der Waals surface area contributed by atoms with Crippen LogP contribution in [-0.4, -0.2) is 21.9 Å². The number of carbonyl (C=O) groups excluding carboxylic acids is 1. The van der Waals surface area contributed by atoms with Gasteiger partial charge in [-0.15, -0.1) is 0 Å². The third-order valence-electron chi connectivity index (χ3n) is 4.45. The fourth-order valence-electron chi connectivity index (χ4n) is 3.04. The number of H-pyrrole nitrogens is 1. The van der Waals surface area contributed by atoms with Gasteiger partial charge in [-0.3, -0.25) is 4.79 Å². The van der Waals surface area contributed by atoms with Crippen molar-refractivity contribution in [2.45, 2.75) is 18.9 Å². The van der Waals surface area contributed by atoms with Crippen molar-refractivity contribution in [2.75, 3.05) is 5.32 Å². The number of pyridine rings is 1. The Balaban J connectivity index is 1.85. The Hall–Kier alpha value is -2.73. The molecule has 4 N–H and O–H groups in total. The summed E-state index contributed by atoms with van der Waals surface area (Å²) in [4.78, 5) is 19.2. The minimum absolute atomic E-state index is 0.117. The number of fused-ring (bicyclic) bond motifs is 2. The van der Waals surface area contributed by atoms with Crippen molar-refractivity contribution in [1.82, 2.24) is 9.97 Å². The molecule has 6 heteroatoms. The molecule has 0 saturated heterocycles. The molecule has 0 saturated carbocycles. The van der Waals surface area contributed by atoms with E-state index in [2.05, 4.69) is 15.3 Å². The number of nitrogens with one attached hydrogen (secondary N) is 2. The standard InChI is InChI=1S/C17H15FN4O/c1-8-12-4-9(6-21-16(12)22-17(23)15(8)19)13-7-20-14-5-10(18)2-3-11(13)14/h2-8,15,20H,19H2,1H3,(H,21,22,23)/t8?,15-/m0/s1. The van der Waals surface area contributed by atoms with Crippen LogP contribution in [0.5, 0.6) is 0 Å². The first-order valence-corrected chi connectivity index (χ1v) is 7.38. The minimum Gasteiger partial charge on any atom is -0.360 e. The number of halogens is 1. The number of anilines is 1. The van der Waals surface area contributed by atoms with E-state index < -0.39 is 6.04 Å². The molecule has 3 aromatic rings. The fourth-order valence-corrected chi connectivity index (χ4v) is 3.04. The molecule has 5 nitrogen and oxygen atoms in total. The van der Waals surface area contributed by atoms with Gasteiger partial charge in [-0.25, -0.2) is 9.37 Å². The molecule has 1 aliphatic rings. The van der Waals surface area contributed by atoms with Gasteiger partial charge in [-0.2, -0.15) is 0 Å². The molecular formula is C17H15FN4O. The number of benzene rings is 1. The second-order valence-corrected chi connectivity index (χ2v) is 5.86. The third-order valence-corrected chi connectivity index (χ3v) is 4.45. The molecule has 116 valence electrons. The zero-order valence-electron chi connectivity index (χ0n) is 12.4. The van der Waals surface area contributed by atoms with Crippen molar-refractivity contribution in [3.05, 3.63) is 48.0 Å². The number of hydrogen-bond donors (Lipinski definition) is 3. The topological polar surface area (TPSA) is 83.8 Å². The van der Waals surface area contributed by atoms with Crippen LogP contribution in [0.15, 0.2) is 36.7 Å². The van der Waals surface area contributed by atoms with E-state index in [1.807, 2.05) is 19.2 Å². The maximum atomic E-state index is 13.3. The SMILES string of the molecule is CC1c2cc(-c3c[nH]c4cc(F)ccc34)cnc2NC(=O)[C@H]1N. The molecular weight excluding hydrogens is 295 g/mol. The molecule has 1 unspecified atom stereocenters. The molecule has 0 spiro atoms. The van der Waals surface area contributed by atoms with Crippen LogP contribution in [0, 0.1) is 5.82 Å². The zero-order valence-corrected chi connectivity index (χ0v) is 12.4. The van der Waals surface area contributed by atoms with Crippen LogP contribution < -0.4 is 11.1 Å². The summed E-state index contributed by atoms with van der Waals surface area (Å²) in [6.07, 6.45) is 3.54. The summed E-state index contributed by atoms with van der Waals surface area (Å²) < 4.78 is 13.3. The lowest BCUT2D eigenvalue weighted by Crippen LogP contribution is -2.43. The minimum atomic E-state index is -0.586. The number of carbonyl (C=O) groups is 1. The first-order chi connectivity index (χ1) is 11.0. The van der Waals surface area contributed by atoms with Gasteiger partial charge in [0.2, 0.25) is 5.91 Å². The lowest BCUT2D eigenvalue weighted by molar-refractivity contribution is -0.118. The van der Waals surface area contributed by atoms with E-state index in [-0.39, 0.29) is 17.6 Å². The molecule has 1 aromatic carbocycles. The largest absolute Gasteiger partial charge is 0.360 e. The van der Waals surface area contributed by atoms with Crippen LogP contribution in [0.3, 0.4) is 0 Å². The van der Waals surface area contributed by atoms with Gasteiger partial charge < -0.3 is 16.0 Å². The monoisotopic (exact) mass is 310 g/mol. The second kappa shape index (κ2) is 4.89. The van der Waals surface area contributed by atoms with Gasteiger partial charge in [0.25, 0.3) is 0 Å². The zero-order chi connectivity index (χ0) is 16.1. The van der Waals surface area contributed by atoms with Crippen molar-refractivity contribution in [3.63, 3.8) is 0 Å². The Morgan fingerprint density at radius 2 is 2.13 bits per heavy atom. The fraction of sp³-hybridized carbons (Fsp3) is 0.176. The van der Waals surface area contributed by atoms with Crippen LogP contribution in [-0.2, 0) is 4.79 Å². The Kier molecular flexibility index (Phi) is 2.96. The first-order valence-electron chi connectivity index (χ1n) is 7.38. The van der Waals surface area contributed by atoms with Gasteiger partial charge in [0.1, 0.15) is 11.6 Å². The maximum Gasteiger partial charge on any atom is 0.243 e.